The van der Waals surface area contributed by atoms with Gasteiger partial charge in [0.15, 0.2) is 0 Å². The Balaban J connectivity index is 2.27. The molecule has 1 heterocycles. The summed E-state index contributed by atoms with van der Waals surface area (Å²) in [4.78, 5) is 12.3. The maximum Gasteiger partial charge on any atom is 0.125 e. The molecule has 1 aliphatic heterocycles. The van der Waals surface area contributed by atoms with E-state index in [2.05, 4.69) is 36.5 Å². The summed E-state index contributed by atoms with van der Waals surface area (Å²) in [6.45, 7) is 3.10. The zero-order valence-electron chi connectivity index (χ0n) is 9.48. The van der Waals surface area contributed by atoms with Gasteiger partial charge in [-0.25, -0.2) is 0 Å². The molecule has 2 nitrogen and oxygen atoms in total. The standard InChI is InChI=1S/C13H17NOS/c1-2-16-12-6-4-3-5-11(12)13-10(9-15)7-8-14-13/h3-6,9-10,13-14H,2,7-8H2,1H3/t10-,13-/m1/s1. The predicted octanol–water partition coefficient (Wildman–Crippen LogP) is 2.65. The van der Waals surface area contributed by atoms with Crippen LogP contribution in [0.25, 0.3) is 0 Å². The van der Waals surface area contributed by atoms with Gasteiger partial charge in [0.1, 0.15) is 6.29 Å². The van der Waals surface area contributed by atoms with Crippen LogP contribution in [0.4, 0.5) is 0 Å². The maximum absolute atomic E-state index is 11.0. The lowest BCUT2D eigenvalue weighted by Gasteiger charge is -2.18. The summed E-state index contributed by atoms with van der Waals surface area (Å²) in [6, 6.07) is 8.61. The summed E-state index contributed by atoms with van der Waals surface area (Å²) in [5.74, 6) is 1.20. The molecule has 1 aromatic rings. The number of carbonyl (C=O) groups is 1. The third kappa shape index (κ3) is 2.30. The van der Waals surface area contributed by atoms with Crippen molar-refractivity contribution >= 4 is 18.0 Å². The molecule has 0 saturated carbocycles. The van der Waals surface area contributed by atoms with Gasteiger partial charge in [-0.15, -0.1) is 11.8 Å². The van der Waals surface area contributed by atoms with Crippen LogP contribution in [0.3, 0.4) is 0 Å². The van der Waals surface area contributed by atoms with E-state index in [1.165, 1.54) is 10.5 Å². The minimum atomic E-state index is 0.138. The lowest BCUT2D eigenvalue weighted by Crippen LogP contribution is -2.19. The molecule has 0 aliphatic carbocycles. The minimum absolute atomic E-state index is 0.138. The van der Waals surface area contributed by atoms with Crippen LogP contribution in [0.5, 0.6) is 0 Å². The maximum atomic E-state index is 11.0. The highest BCUT2D eigenvalue weighted by Gasteiger charge is 2.28. The molecule has 0 unspecified atom stereocenters. The Kier molecular flexibility index (Phi) is 4.02. The van der Waals surface area contributed by atoms with Crippen LogP contribution in [0, 0.1) is 5.92 Å². The van der Waals surface area contributed by atoms with Crippen LogP contribution in [-0.2, 0) is 4.79 Å². The summed E-state index contributed by atoms with van der Waals surface area (Å²) in [6.07, 6.45) is 2.05. The van der Waals surface area contributed by atoms with Gasteiger partial charge in [0, 0.05) is 16.9 Å². The topological polar surface area (TPSA) is 29.1 Å². The second kappa shape index (κ2) is 5.51. The SMILES string of the molecule is CCSc1ccccc1[C@@H]1NCC[C@@H]1C=O. The molecular formula is C13H17NOS. The Morgan fingerprint density at radius 2 is 2.31 bits per heavy atom. The Labute approximate surface area is 101 Å². The highest BCUT2D eigenvalue weighted by Crippen LogP contribution is 2.34. The molecule has 0 bridgehead atoms. The van der Waals surface area contributed by atoms with Crippen molar-refractivity contribution in [3.63, 3.8) is 0 Å². The van der Waals surface area contributed by atoms with Crippen molar-refractivity contribution in [3.8, 4) is 0 Å². The number of nitrogens with one attached hydrogen (secondary N) is 1. The molecule has 0 aromatic heterocycles. The van der Waals surface area contributed by atoms with Crippen LogP contribution < -0.4 is 5.32 Å². The molecule has 1 N–H and O–H groups in total. The molecule has 1 saturated heterocycles. The fourth-order valence-electron chi connectivity index (χ4n) is 2.24. The molecule has 0 radical (unpaired) electrons. The van der Waals surface area contributed by atoms with Gasteiger partial charge in [-0.3, -0.25) is 0 Å². The lowest BCUT2D eigenvalue weighted by atomic mass is 9.95. The van der Waals surface area contributed by atoms with Gasteiger partial charge in [0.25, 0.3) is 0 Å². The monoisotopic (exact) mass is 235 g/mol. The van der Waals surface area contributed by atoms with Gasteiger partial charge in [0.2, 0.25) is 0 Å². The normalized spacial score (nSPS) is 24.6. The molecule has 0 spiro atoms. The van der Waals surface area contributed by atoms with E-state index in [1.807, 2.05) is 11.8 Å². The molecule has 0 amide bonds. The quantitative estimate of drug-likeness (QED) is 0.642. The second-order valence-electron chi connectivity index (χ2n) is 3.99. The zero-order chi connectivity index (χ0) is 11.4. The van der Waals surface area contributed by atoms with Gasteiger partial charge in [-0.1, -0.05) is 25.1 Å². The third-order valence-electron chi connectivity index (χ3n) is 3.00. The van der Waals surface area contributed by atoms with Crippen molar-refractivity contribution in [3.05, 3.63) is 29.8 Å². The third-order valence-corrected chi connectivity index (χ3v) is 3.97. The van der Waals surface area contributed by atoms with E-state index in [4.69, 9.17) is 0 Å². The average molecular weight is 235 g/mol. The van der Waals surface area contributed by atoms with E-state index in [9.17, 15) is 4.79 Å². The van der Waals surface area contributed by atoms with E-state index >= 15 is 0 Å². The highest BCUT2D eigenvalue weighted by molar-refractivity contribution is 7.99. The Morgan fingerprint density at radius 1 is 1.50 bits per heavy atom. The van der Waals surface area contributed by atoms with Crippen LogP contribution >= 0.6 is 11.8 Å². The van der Waals surface area contributed by atoms with Crippen molar-refractivity contribution in [1.82, 2.24) is 5.32 Å². The zero-order valence-corrected chi connectivity index (χ0v) is 10.3. The molecule has 16 heavy (non-hydrogen) atoms. The van der Waals surface area contributed by atoms with Gasteiger partial charge < -0.3 is 10.1 Å². The lowest BCUT2D eigenvalue weighted by molar-refractivity contribution is -0.111. The van der Waals surface area contributed by atoms with Crippen LogP contribution in [0.15, 0.2) is 29.2 Å². The van der Waals surface area contributed by atoms with Crippen molar-refractivity contribution in [2.24, 2.45) is 5.92 Å². The average Bonchev–Trinajstić information content (AvgIpc) is 2.78. The van der Waals surface area contributed by atoms with Crippen molar-refractivity contribution in [2.75, 3.05) is 12.3 Å². The predicted molar refractivity (Wildman–Crippen MR) is 67.8 cm³/mol. The number of aldehydes is 1. The van der Waals surface area contributed by atoms with Crippen molar-refractivity contribution < 1.29 is 4.79 Å². The van der Waals surface area contributed by atoms with Crippen molar-refractivity contribution in [1.29, 1.82) is 0 Å². The first-order chi connectivity index (χ1) is 7.86. The molecule has 2 rings (SSSR count). The minimum Gasteiger partial charge on any atom is -0.309 e. The van der Waals surface area contributed by atoms with Crippen LogP contribution in [0.2, 0.25) is 0 Å². The van der Waals surface area contributed by atoms with Gasteiger partial charge in [0.05, 0.1) is 0 Å². The molecular weight excluding hydrogens is 218 g/mol. The first-order valence-corrected chi connectivity index (χ1v) is 6.75. The smallest absolute Gasteiger partial charge is 0.125 e. The molecule has 2 atom stereocenters. The van der Waals surface area contributed by atoms with E-state index in [-0.39, 0.29) is 12.0 Å². The van der Waals surface area contributed by atoms with Gasteiger partial charge in [-0.05, 0) is 30.3 Å². The number of benzene rings is 1. The summed E-state index contributed by atoms with van der Waals surface area (Å²) in [5.41, 5.74) is 1.28. The Morgan fingerprint density at radius 3 is 3.06 bits per heavy atom. The number of hydrogen-bond acceptors (Lipinski definition) is 3. The van der Waals surface area contributed by atoms with E-state index in [0.29, 0.717) is 0 Å². The summed E-state index contributed by atoms with van der Waals surface area (Å²) in [5, 5.41) is 3.43. The van der Waals surface area contributed by atoms with Gasteiger partial charge in [-0.2, -0.15) is 0 Å². The number of carbonyl (C=O) groups excluding carboxylic acids is 1. The van der Waals surface area contributed by atoms with Crippen LogP contribution in [-0.4, -0.2) is 18.6 Å². The van der Waals surface area contributed by atoms with E-state index in [0.717, 1.165) is 25.0 Å². The Hall–Kier alpha value is -0.800. The first kappa shape index (κ1) is 11.7. The first-order valence-electron chi connectivity index (χ1n) is 5.77. The molecule has 1 aliphatic rings. The van der Waals surface area contributed by atoms with Crippen molar-refractivity contribution in [2.45, 2.75) is 24.3 Å². The number of hydrogen-bond donors (Lipinski definition) is 1. The van der Waals surface area contributed by atoms with Gasteiger partial charge >= 0.3 is 0 Å². The molecule has 1 fully saturated rings. The number of rotatable bonds is 4. The van der Waals surface area contributed by atoms with E-state index < -0.39 is 0 Å². The van der Waals surface area contributed by atoms with Crippen LogP contribution in [0.1, 0.15) is 24.9 Å². The fourth-order valence-corrected chi connectivity index (χ4v) is 3.08. The number of thioether (sulfide) groups is 1. The summed E-state index contributed by atoms with van der Waals surface area (Å²) < 4.78 is 0. The fraction of sp³-hybridized carbons (Fsp3) is 0.462. The van der Waals surface area contributed by atoms with E-state index in [1.54, 1.807) is 0 Å². The largest absolute Gasteiger partial charge is 0.309 e. The summed E-state index contributed by atoms with van der Waals surface area (Å²) >= 11 is 1.85. The Bertz CT molecular complexity index is 367. The molecule has 1 aromatic carbocycles. The molecule has 86 valence electrons. The summed E-state index contributed by atoms with van der Waals surface area (Å²) in [7, 11) is 0. The molecule has 3 heteroatoms. The highest BCUT2D eigenvalue weighted by atomic mass is 32.2. The second-order valence-corrected chi connectivity index (χ2v) is 5.30.